The van der Waals surface area contributed by atoms with Crippen LogP contribution in [0.3, 0.4) is 0 Å². The lowest BCUT2D eigenvalue weighted by atomic mass is 9.71. The summed E-state index contributed by atoms with van der Waals surface area (Å²) in [5, 5.41) is 10.3. The SMILES string of the molecule is CCCCc1ccccc1C(C)(CC)c1ccccc1O. The molecule has 1 unspecified atom stereocenters. The van der Waals surface area contributed by atoms with Gasteiger partial charge in [0.15, 0.2) is 0 Å². The lowest BCUT2D eigenvalue weighted by Crippen LogP contribution is -2.24. The van der Waals surface area contributed by atoms with Crippen LogP contribution in [0.2, 0.25) is 0 Å². The monoisotopic (exact) mass is 282 g/mol. The standard InChI is InChI=1S/C20H26O/c1-4-6-11-16-12-7-8-13-17(16)20(3,5-2)18-14-9-10-15-19(18)21/h7-10,12-15,21H,4-6,11H2,1-3H3. The quantitative estimate of drug-likeness (QED) is 0.747. The van der Waals surface area contributed by atoms with Gasteiger partial charge in [-0.25, -0.2) is 0 Å². The van der Waals surface area contributed by atoms with E-state index in [4.69, 9.17) is 0 Å². The molecular formula is C20H26O. The molecule has 0 aliphatic rings. The third-order valence-electron chi connectivity index (χ3n) is 4.62. The topological polar surface area (TPSA) is 20.2 Å². The summed E-state index contributed by atoms with van der Waals surface area (Å²) in [5.74, 6) is 0.396. The number of aryl methyl sites for hydroxylation is 1. The molecule has 0 amide bonds. The van der Waals surface area contributed by atoms with Crippen LogP contribution in [-0.4, -0.2) is 5.11 Å². The highest BCUT2D eigenvalue weighted by molar-refractivity contribution is 5.48. The van der Waals surface area contributed by atoms with E-state index in [1.54, 1.807) is 6.07 Å². The summed E-state index contributed by atoms with van der Waals surface area (Å²) in [7, 11) is 0. The van der Waals surface area contributed by atoms with Crippen LogP contribution in [0.25, 0.3) is 0 Å². The van der Waals surface area contributed by atoms with Crippen LogP contribution in [-0.2, 0) is 11.8 Å². The van der Waals surface area contributed by atoms with Gasteiger partial charge < -0.3 is 5.11 Å². The number of benzene rings is 2. The van der Waals surface area contributed by atoms with Crippen LogP contribution in [0.15, 0.2) is 48.5 Å². The Kier molecular flexibility index (Phi) is 5.06. The molecule has 1 atom stereocenters. The van der Waals surface area contributed by atoms with Gasteiger partial charge in [0.25, 0.3) is 0 Å². The molecular weight excluding hydrogens is 256 g/mol. The molecule has 1 heteroatoms. The molecule has 0 spiro atoms. The number of rotatable bonds is 6. The summed E-state index contributed by atoms with van der Waals surface area (Å²) in [6.45, 7) is 6.67. The molecule has 0 fully saturated rings. The van der Waals surface area contributed by atoms with Crippen LogP contribution in [0.5, 0.6) is 5.75 Å². The molecule has 0 aliphatic carbocycles. The van der Waals surface area contributed by atoms with Gasteiger partial charge in [-0.3, -0.25) is 0 Å². The average Bonchev–Trinajstić information content (AvgIpc) is 2.53. The van der Waals surface area contributed by atoms with Crippen molar-refractivity contribution in [2.45, 2.75) is 51.9 Å². The van der Waals surface area contributed by atoms with Gasteiger partial charge in [-0.15, -0.1) is 0 Å². The predicted molar refractivity (Wildman–Crippen MR) is 89.9 cm³/mol. The molecule has 0 saturated heterocycles. The van der Waals surface area contributed by atoms with E-state index in [9.17, 15) is 5.11 Å². The molecule has 0 bridgehead atoms. The lowest BCUT2D eigenvalue weighted by Gasteiger charge is -2.32. The maximum absolute atomic E-state index is 10.3. The third-order valence-corrected chi connectivity index (χ3v) is 4.62. The maximum atomic E-state index is 10.3. The molecule has 1 nitrogen and oxygen atoms in total. The second kappa shape index (κ2) is 6.80. The zero-order chi connectivity index (χ0) is 15.3. The van der Waals surface area contributed by atoms with Gasteiger partial charge in [-0.1, -0.05) is 69.7 Å². The first-order valence-electron chi connectivity index (χ1n) is 8.00. The second-order valence-electron chi connectivity index (χ2n) is 5.96. The first-order valence-corrected chi connectivity index (χ1v) is 8.00. The molecule has 2 rings (SSSR count). The smallest absolute Gasteiger partial charge is 0.119 e. The Bertz CT molecular complexity index is 588. The van der Waals surface area contributed by atoms with Gasteiger partial charge in [-0.2, -0.15) is 0 Å². The molecule has 2 aromatic carbocycles. The average molecular weight is 282 g/mol. The summed E-state index contributed by atoms with van der Waals surface area (Å²) < 4.78 is 0. The van der Waals surface area contributed by atoms with Crippen LogP contribution in [0.4, 0.5) is 0 Å². The van der Waals surface area contributed by atoms with Crippen molar-refractivity contribution in [3.8, 4) is 5.75 Å². The number of phenols is 1. The summed E-state index contributed by atoms with van der Waals surface area (Å²) in [5.41, 5.74) is 3.64. The van der Waals surface area contributed by atoms with Crippen molar-refractivity contribution in [1.29, 1.82) is 0 Å². The Labute approximate surface area is 128 Å². The fourth-order valence-electron chi connectivity index (χ4n) is 3.11. The van der Waals surface area contributed by atoms with Crippen LogP contribution in [0.1, 0.15) is 56.7 Å². The molecule has 0 radical (unpaired) electrons. The van der Waals surface area contributed by atoms with Gasteiger partial charge >= 0.3 is 0 Å². The van der Waals surface area contributed by atoms with Crippen molar-refractivity contribution in [1.82, 2.24) is 0 Å². The van der Waals surface area contributed by atoms with Crippen molar-refractivity contribution in [2.75, 3.05) is 0 Å². The van der Waals surface area contributed by atoms with Gasteiger partial charge in [0, 0.05) is 11.0 Å². The summed E-state index contributed by atoms with van der Waals surface area (Å²) >= 11 is 0. The van der Waals surface area contributed by atoms with E-state index in [2.05, 4.69) is 51.1 Å². The maximum Gasteiger partial charge on any atom is 0.119 e. The third kappa shape index (κ3) is 3.12. The highest BCUT2D eigenvalue weighted by atomic mass is 16.3. The van der Waals surface area contributed by atoms with Crippen molar-refractivity contribution in [3.63, 3.8) is 0 Å². The highest BCUT2D eigenvalue weighted by Gasteiger charge is 2.31. The van der Waals surface area contributed by atoms with Crippen LogP contribution in [0, 0.1) is 0 Å². The van der Waals surface area contributed by atoms with E-state index in [0.29, 0.717) is 5.75 Å². The number of hydrogen-bond donors (Lipinski definition) is 1. The van der Waals surface area contributed by atoms with E-state index >= 15 is 0 Å². The minimum atomic E-state index is -0.143. The molecule has 0 heterocycles. The summed E-state index contributed by atoms with van der Waals surface area (Å²) in [4.78, 5) is 0. The van der Waals surface area contributed by atoms with E-state index in [-0.39, 0.29) is 5.41 Å². The largest absolute Gasteiger partial charge is 0.508 e. The Morgan fingerprint density at radius 1 is 0.905 bits per heavy atom. The van der Waals surface area contributed by atoms with E-state index < -0.39 is 0 Å². The summed E-state index contributed by atoms with van der Waals surface area (Å²) in [6, 6.07) is 16.4. The Balaban J connectivity index is 2.53. The molecule has 0 aliphatic heterocycles. The molecule has 0 aromatic heterocycles. The van der Waals surface area contributed by atoms with E-state index in [0.717, 1.165) is 18.4 Å². The van der Waals surface area contributed by atoms with Gasteiger partial charge in [0.2, 0.25) is 0 Å². The Morgan fingerprint density at radius 2 is 1.52 bits per heavy atom. The van der Waals surface area contributed by atoms with E-state index in [1.165, 1.54) is 24.0 Å². The number of hydrogen-bond acceptors (Lipinski definition) is 1. The predicted octanol–water partition coefficient (Wildman–Crippen LogP) is 5.45. The number of aromatic hydroxyl groups is 1. The zero-order valence-electron chi connectivity index (χ0n) is 13.4. The minimum absolute atomic E-state index is 0.143. The van der Waals surface area contributed by atoms with Crippen molar-refractivity contribution in [3.05, 3.63) is 65.2 Å². The first-order chi connectivity index (χ1) is 10.1. The Hall–Kier alpha value is -1.76. The minimum Gasteiger partial charge on any atom is -0.508 e. The van der Waals surface area contributed by atoms with Gasteiger partial charge in [-0.05, 0) is 36.5 Å². The normalized spacial score (nSPS) is 13.9. The van der Waals surface area contributed by atoms with Crippen LogP contribution >= 0.6 is 0 Å². The molecule has 1 N–H and O–H groups in total. The fourth-order valence-corrected chi connectivity index (χ4v) is 3.11. The number of phenolic OH excluding ortho intramolecular Hbond substituents is 1. The van der Waals surface area contributed by atoms with Crippen molar-refractivity contribution >= 4 is 0 Å². The second-order valence-corrected chi connectivity index (χ2v) is 5.96. The lowest BCUT2D eigenvalue weighted by molar-refractivity contribution is 0.440. The van der Waals surface area contributed by atoms with E-state index in [1.807, 2.05) is 12.1 Å². The van der Waals surface area contributed by atoms with Crippen LogP contribution < -0.4 is 0 Å². The van der Waals surface area contributed by atoms with Crippen molar-refractivity contribution in [2.24, 2.45) is 0 Å². The first kappa shape index (κ1) is 15.6. The molecule has 0 saturated carbocycles. The van der Waals surface area contributed by atoms with Gasteiger partial charge in [0.05, 0.1) is 0 Å². The fraction of sp³-hybridized carbons (Fsp3) is 0.400. The number of unbranched alkanes of at least 4 members (excludes halogenated alkanes) is 1. The molecule has 21 heavy (non-hydrogen) atoms. The highest BCUT2D eigenvalue weighted by Crippen LogP contribution is 2.41. The van der Waals surface area contributed by atoms with Gasteiger partial charge in [0.1, 0.15) is 5.75 Å². The number of para-hydroxylation sites is 1. The zero-order valence-corrected chi connectivity index (χ0v) is 13.4. The summed E-state index contributed by atoms with van der Waals surface area (Å²) in [6.07, 6.45) is 4.48. The molecule has 112 valence electrons. The Morgan fingerprint density at radius 3 is 2.14 bits per heavy atom. The molecule has 2 aromatic rings. The van der Waals surface area contributed by atoms with Crippen molar-refractivity contribution < 1.29 is 5.11 Å².